The van der Waals surface area contributed by atoms with Crippen LogP contribution in [0.15, 0.2) is 40.4 Å². The summed E-state index contributed by atoms with van der Waals surface area (Å²) in [6.45, 7) is 3.92. The number of carbonyl (C=O) groups excluding carboxylic acids is 1. The number of halogens is 1. The monoisotopic (exact) mass is 266 g/mol. The van der Waals surface area contributed by atoms with Gasteiger partial charge < -0.3 is 0 Å². The van der Waals surface area contributed by atoms with Gasteiger partial charge in [-0.25, -0.2) is 0 Å². The van der Waals surface area contributed by atoms with E-state index in [9.17, 15) is 4.79 Å². The lowest BCUT2D eigenvalue weighted by molar-refractivity contribution is -0.115. The molecular weight excluding hydrogens is 252 g/mol. The number of hydrogen-bond acceptors (Lipinski definition) is 1. The number of benzene rings is 1. The van der Waals surface area contributed by atoms with Crippen molar-refractivity contribution in [3.8, 4) is 0 Å². The van der Waals surface area contributed by atoms with Crippen LogP contribution in [0.1, 0.15) is 25.8 Å². The number of hydrogen-bond donors (Lipinski definition) is 0. The molecule has 1 aromatic rings. The molecule has 0 fully saturated rings. The third-order valence-corrected chi connectivity index (χ3v) is 3.17. The molecule has 2 heteroatoms. The maximum atomic E-state index is 11.8. The van der Waals surface area contributed by atoms with Crippen LogP contribution in [0, 0.1) is 0 Å². The van der Waals surface area contributed by atoms with E-state index in [-0.39, 0.29) is 5.78 Å². The van der Waals surface area contributed by atoms with Gasteiger partial charge in [0.05, 0.1) is 0 Å². The summed E-state index contributed by atoms with van der Waals surface area (Å²) < 4.78 is 1.00. The number of allylic oxidation sites excluding steroid dienone is 2. The molecule has 0 radical (unpaired) electrons. The molecule has 0 spiro atoms. The highest BCUT2D eigenvalue weighted by Crippen LogP contribution is 2.18. The maximum Gasteiger partial charge on any atom is 0.162 e. The number of carbonyl (C=O) groups is 1. The van der Waals surface area contributed by atoms with E-state index in [4.69, 9.17) is 0 Å². The van der Waals surface area contributed by atoms with E-state index in [0.717, 1.165) is 22.0 Å². The standard InChI is InChI=1S/C13H15BrO/c1-3-10(4-2)13(15)9-11-7-5-6-8-12(11)14/h3,5-8H,4,9H2,1-2H3/b10-3-. The zero-order valence-corrected chi connectivity index (χ0v) is 10.7. The summed E-state index contributed by atoms with van der Waals surface area (Å²) in [7, 11) is 0. The summed E-state index contributed by atoms with van der Waals surface area (Å²) in [6.07, 6.45) is 3.19. The lowest BCUT2D eigenvalue weighted by Crippen LogP contribution is -2.06. The maximum absolute atomic E-state index is 11.8. The zero-order valence-electron chi connectivity index (χ0n) is 9.09. The average Bonchev–Trinajstić information content (AvgIpc) is 2.23. The molecule has 80 valence electrons. The van der Waals surface area contributed by atoms with Crippen LogP contribution < -0.4 is 0 Å². The SMILES string of the molecule is C/C=C(/CC)C(=O)Cc1ccccc1Br. The minimum absolute atomic E-state index is 0.215. The lowest BCUT2D eigenvalue weighted by atomic mass is 10.0. The number of ketones is 1. The molecule has 0 aliphatic heterocycles. The first-order valence-electron chi connectivity index (χ1n) is 5.10. The van der Waals surface area contributed by atoms with Crippen LogP contribution >= 0.6 is 15.9 Å². The van der Waals surface area contributed by atoms with Gasteiger partial charge in [-0.1, -0.05) is 47.1 Å². The second kappa shape index (κ2) is 5.86. The Morgan fingerprint density at radius 1 is 1.40 bits per heavy atom. The third kappa shape index (κ3) is 3.31. The molecule has 15 heavy (non-hydrogen) atoms. The van der Waals surface area contributed by atoms with Gasteiger partial charge >= 0.3 is 0 Å². The fraction of sp³-hybridized carbons (Fsp3) is 0.308. The highest BCUT2D eigenvalue weighted by atomic mass is 79.9. The second-order valence-electron chi connectivity index (χ2n) is 3.36. The molecule has 0 bridgehead atoms. The topological polar surface area (TPSA) is 17.1 Å². The van der Waals surface area contributed by atoms with E-state index in [0.29, 0.717) is 6.42 Å². The lowest BCUT2D eigenvalue weighted by Gasteiger charge is -2.05. The quantitative estimate of drug-likeness (QED) is 0.756. The smallest absolute Gasteiger partial charge is 0.162 e. The molecular formula is C13H15BrO. The van der Waals surface area contributed by atoms with Crippen molar-refractivity contribution < 1.29 is 4.79 Å². The average molecular weight is 267 g/mol. The van der Waals surface area contributed by atoms with Crippen molar-refractivity contribution in [3.63, 3.8) is 0 Å². The first-order valence-corrected chi connectivity index (χ1v) is 5.90. The molecule has 0 amide bonds. The Bertz CT molecular complexity index is 380. The van der Waals surface area contributed by atoms with Crippen molar-refractivity contribution in [1.29, 1.82) is 0 Å². The Hall–Kier alpha value is -0.890. The van der Waals surface area contributed by atoms with Gasteiger partial charge in [-0.2, -0.15) is 0 Å². The van der Waals surface area contributed by atoms with Gasteiger partial charge in [0, 0.05) is 10.9 Å². The second-order valence-corrected chi connectivity index (χ2v) is 4.21. The predicted octanol–water partition coefficient (Wildman–Crippen LogP) is 3.92. The first-order chi connectivity index (χ1) is 7.19. The van der Waals surface area contributed by atoms with Crippen LogP contribution in [0.5, 0.6) is 0 Å². The highest BCUT2D eigenvalue weighted by Gasteiger charge is 2.09. The Kier molecular flexibility index (Phi) is 4.76. The predicted molar refractivity (Wildman–Crippen MR) is 66.9 cm³/mol. The molecule has 0 N–H and O–H groups in total. The van der Waals surface area contributed by atoms with Crippen LogP contribution in [0.25, 0.3) is 0 Å². The molecule has 0 heterocycles. The largest absolute Gasteiger partial charge is 0.294 e. The van der Waals surface area contributed by atoms with Gasteiger partial charge in [-0.05, 0) is 30.5 Å². The van der Waals surface area contributed by atoms with Crippen LogP contribution in [0.2, 0.25) is 0 Å². The van der Waals surface area contributed by atoms with E-state index in [1.807, 2.05) is 44.2 Å². The molecule has 0 saturated carbocycles. The molecule has 1 nitrogen and oxygen atoms in total. The van der Waals surface area contributed by atoms with E-state index in [1.165, 1.54) is 0 Å². The van der Waals surface area contributed by atoms with Crippen molar-refractivity contribution in [2.24, 2.45) is 0 Å². The first kappa shape index (κ1) is 12.2. The van der Waals surface area contributed by atoms with Crippen molar-refractivity contribution in [2.75, 3.05) is 0 Å². The van der Waals surface area contributed by atoms with Gasteiger partial charge in [0.2, 0.25) is 0 Å². The van der Waals surface area contributed by atoms with E-state index in [1.54, 1.807) is 0 Å². The molecule has 1 aromatic carbocycles. The van der Waals surface area contributed by atoms with Crippen molar-refractivity contribution >= 4 is 21.7 Å². The molecule has 0 saturated heterocycles. The normalized spacial score (nSPS) is 11.5. The minimum Gasteiger partial charge on any atom is -0.294 e. The fourth-order valence-corrected chi connectivity index (χ4v) is 1.92. The molecule has 0 aliphatic carbocycles. The fourth-order valence-electron chi connectivity index (χ4n) is 1.49. The zero-order chi connectivity index (χ0) is 11.3. The minimum atomic E-state index is 0.215. The number of rotatable bonds is 4. The van der Waals surface area contributed by atoms with E-state index >= 15 is 0 Å². The van der Waals surface area contributed by atoms with Gasteiger partial charge in [-0.15, -0.1) is 0 Å². The van der Waals surface area contributed by atoms with Crippen LogP contribution in [-0.2, 0) is 11.2 Å². The Morgan fingerprint density at radius 2 is 2.07 bits per heavy atom. The molecule has 1 rings (SSSR count). The molecule has 0 atom stereocenters. The van der Waals surface area contributed by atoms with Gasteiger partial charge in [-0.3, -0.25) is 4.79 Å². The summed E-state index contributed by atoms with van der Waals surface area (Å²) in [6, 6.07) is 7.85. The van der Waals surface area contributed by atoms with Gasteiger partial charge in [0.15, 0.2) is 5.78 Å². The summed E-state index contributed by atoms with van der Waals surface area (Å²) >= 11 is 3.45. The van der Waals surface area contributed by atoms with E-state index in [2.05, 4.69) is 15.9 Å². The van der Waals surface area contributed by atoms with Crippen LogP contribution in [0.4, 0.5) is 0 Å². The van der Waals surface area contributed by atoms with Crippen LogP contribution in [-0.4, -0.2) is 5.78 Å². The Labute approximate surface area is 99.3 Å². The molecule has 0 aromatic heterocycles. The van der Waals surface area contributed by atoms with Gasteiger partial charge in [0.1, 0.15) is 0 Å². The van der Waals surface area contributed by atoms with Crippen molar-refractivity contribution in [3.05, 3.63) is 46.0 Å². The van der Waals surface area contributed by atoms with Crippen molar-refractivity contribution in [2.45, 2.75) is 26.7 Å². The molecule has 0 unspecified atom stereocenters. The summed E-state index contributed by atoms with van der Waals surface area (Å²) in [5.41, 5.74) is 1.96. The van der Waals surface area contributed by atoms with Crippen LogP contribution in [0.3, 0.4) is 0 Å². The van der Waals surface area contributed by atoms with E-state index < -0.39 is 0 Å². The molecule has 0 aliphatic rings. The number of Topliss-reactive ketones (excluding diaryl/α,β-unsaturated/α-hetero) is 1. The summed E-state index contributed by atoms with van der Waals surface area (Å²) in [5, 5.41) is 0. The van der Waals surface area contributed by atoms with Gasteiger partial charge in [0.25, 0.3) is 0 Å². The Balaban J connectivity index is 2.79. The van der Waals surface area contributed by atoms with Crippen molar-refractivity contribution in [1.82, 2.24) is 0 Å². The highest BCUT2D eigenvalue weighted by molar-refractivity contribution is 9.10. The summed E-state index contributed by atoms with van der Waals surface area (Å²) in [5.74, 6) is 0.215. The Morgan fingerprint density at radius 3 is 2.60 bits per heavy atom. The summed E-state index contributed by atoms with van der Waals surface area (Å²) in [4.78, 5) is 11.8. The third-order valence-electron chi connectivity index (χ3n) is 2.40.